The number of cyclic esters (lactones) is 1. The highest BCUT2D eigenvalue weighted by molar-refractivity contribution is 14.1. The Morgan fingerprint density at radius 1 is 1.04 bits per heavy atom. The number of hydrogen-bond donors (Lipinski definition) is 0. The fourth-order valence-corrected chi connectivity index (χ4v) is 2.84. The Bertz CT molecular complexity index is 664. The van der Waals surface area contributed by atoms with E-state index in [2.05, 4.69) is 22.6 Å². The molecule has 0 bridgehead atoms. The van der Waals surface area contributed by atoms with Crippen LogP contribution >= 0.6 is 22.6 Å². The van der Waals surface area contributed by atoms with E-state index in [0.29, 0.717) is 5.75 Å². The number of ether oxygens (including phenoxy) is 8. The van der Waals surface area contributed by atoms with Crippen molar-refractivity contribution >= 4 is 28.6 Å². The van der Waals surface area contributed by atoms with Crippen LogP contribution in [-0.2, 0) is 38.0 Å². The zero-order valence-corrected chi connectivity index (χ0v) is 18.0. The van der Waals surface area contributed by atoms with E-state index < -0.39 is 18.2 Å². The number of hydrogen-bond acceptors (Lipinski definition) is 9. The van der Waals surface area contributed by atoms with Gasteiger partial charge in [-0.05, 0) is 40.8 Å². The summed E-state index contributed by atoms with van der Waals surface area (Å²) in [6.45, 7) is -0.185. The molecule has 0 amide bonds. The van der Waals surface area contributed by atoms with Crippen molar-refractivity contribution in [2.75, 3.05) is 48.3 Å². The third-order valence-corrected chi connectivity index (χ3v) is 4.17. The van der Waals surface area contributed by atoms with Crippen LogP contribution in [0.2, 0.25) is 0 Å². The molecule has 1 aromatic rings. The van der Waals surface area contributed by atoms with Crippen LogP contribution in [0.1, 0.15) is 0 Å². The van der Waals surface area contributed by atoms with E-state index in [-0.39, 0.29) is 38.5 Å². The minimum absolute atomic E-state index is 0.0276. The van der Waals surface area contributed by atoms with Crippen molar-refractivity contribution in [2.45, 2.75) is 12.2 Å². The first kappa shape index (κ1) is 22.7. The molecule has 0 unspecified atom stereocenters. The monoisotopic (exact) mass is 510 g/mol. The van der Waals surface area contributed by atoms with Gasteiger partial charge in [0.05, 0.1) is 0 Å². The Kier molecular flexibility index (Phi) is 9.78. The quantitative estimate of drug-likeness (QED) is 0.225. The lowest BCUT2D eigenvalue weighted by Crippen LogP contribution is -2.37. The van der Waals surface area contributed by atoms with E-state index >= 15 is 0 Å². The molecule has 0 N–H and O–H groups in total. The first-order chi connectivity index (χ1) is 13.6. The largest absolute Gasteiger partial charge is 0.491 e. The molecule has 10 heteroatoms. The van der Waals surface area contributed by atoms with E-state index in [9.17, 15) is 4.79 Å². The van der Waals surface area contributed by atoms with Gasteiger partial charge in [-0.2, -0.15) is 0 Å². The Morgan fingerprint density at radius 3 is 2.43 bits per heavy atom. The Morgan fingerprint density at radius 2 is 1.75 bits per heavy atom. The first-order valence-electron chi connectivity index (χ1n) is 8.28. The summed E-state index contributed by atoms with van der Waals surface area (Å²) in [5, 5.41) is 0. The van der Waals surface area contributed by atoms with Gasteiger partial charge < -0.3 is 37.9 Å². The second-order valence-electron chi connectivity index (χ2n) is 5.50. The van der Waals surface area contributed by atoms with Crippen molar-refractivity contribution in [3.8, 4) is 5.75 Å². The maximum atomic E-state index is 12.3. The van der Waals surface area contributed by atoms with E-state index in [1.165, 1.54) is 21.3 Å². The summed E-state index contributed by atoms with van der Waals surface area (Å²) in [7, 11) is 4.39. The zero-order valence-electron chi connectivity index (χ0n) is 15.8. The third kappa shape index (κ3) is 6.48. The van der Waals surface area contributed by atoms with Gasteiger partial charge in [0.25, 0.3) is 0 Å². The molecule has 0 aromatic heterocycles. The zero-order chi connectivity index (χ0) is 20.4. The molecule has 1 aliphatic rings. The van der Waals surface area contributed by atoms with Crippen molar-refractivity contribution < 1.29 is 42.7 Å². The second-order valence-corrected chi connectivity index (χ2v) is 6.75. The van der Waals surface area contributed by atoms with E-state index in [0.717, 1.165) is 3.57 Å². The van der Waals surface area contributed by atoms with Gasteiger partial charge in [0, 0.05) is 24.9 Å². The van der Waals surface area contributed by atoms with Gasteiger partial charge in [-0.1, -0.05) is 6.07 Å². The Labute approximate surface area is 176 Å². The summed E-state index contributed by atoms with van der Waals surface area (Å²) in [5.41, 5.74) is 0. The first-order valence-corrected chi connectivity index (χ1v) is 9.36. The molecule has 2 atom stereocenters. The smallest absolute Gasteiger partial charge is 0.378 e. The molecule has 0 saturated carbocycles. The molecular weight excluding hydrogens is 487 g/mol. The molecule has 1 aliphatic heterocycles. The summed E-state index contributed by atoms with van der Waals surface area (Å²) < 4.78 is 43.5. The van der Waals surface area contributed by atoms with Crippen LogP contribution in [-0.4, -0.2) is 66.5 Å². The Hall–Kier alpha value is -1.60. The highest BCUT2D eigenvalue weighted by atomic mass is 127. The number of rotatable bonds is 13. The van der Waals surface area contributed by atoms with E-state index in [1.807, 2.05) is 24.3 Å². The van der Waals surface area contributed by atoms with Crippen molar-refractivity contribution in [2.24, 2.45) is 0 Å². The molecule has 0 radical (unpaired) electrons. The number of carbonyl (C=O) groups excluding carboxylic acids is 1. The highest BCUT2D eigenvalue weighted by Crippen LogP contribution is 2.29. The van der Waals surface area contributed by atoms with Crippen LogP contribution in [0.5, 0.6) is 5.75 Å². The average Bonchev–Trinajstić information content (AvgIpc) is 3.00. The normalized spacial score (nSPS) is 17.4. The molecule has 2 rings (SSSR count). The van der Waals surface area contributed by atoms with Crippen LogP contribution in [0.25, 0.3) is 0 Å². The topological polar surface area (TPSA) is 90.9 Å². The number of halogens is 1. The van der Waals surface area contributed by atoms with Crippen molar-refractivity contribution in [1.29, 1.82) is 0 Å². The van der Waals surface area contributed by atoms with Crippen molar-refractivity contribution in [3.05, 3.63) is 39.4 Å². The maximum Gasteiger partial charge on any atom is 0.378 e. The number of carbonyl (C=O) groups is 1. The van der Waals surface area contributed by atoms with Gasteiger partial charge >= 0.3 is 5.97 Å². The van der Waals surface area contributed by atoms with Crippen molar-refractivity contribution in [3.63, 3.8) is 0 Å². The predicted octanol–water partition coefficient (Wildman–Crippen LogP) is 2.04. The summed E-state index contributed by atoms with van der Waals surface area (Å²) in [5.74, 6) is 0.0234. The SMILES string of the molecule is COCOC1=C(OCOC)[C@@H]([C@H](COc2cccc(I)c2)OCOC)OC1=O. The fourth-order valence-electron chi connectivity index (χ4n) is 2.33. The van der Waals surface area contributed by atoms with Crippen LogP contribution in [0.4, 0.5) is 0 Å². The van der Waals surface area contributed by atoms with Crippen LogP contribution in [0.3, 0.4) is 0 Å². The van der Waals surface area contributed by atoms with Gasteiger partial charge in [0.2, 0.25) is 5.76 Å². The third-order valence-electron chi connectivity index (χ3n) is 3.50. The molecule has 28 heavy (non-hydrogen) atoms. The lowest BCUT2D eigenvalue weighted by Gasteiger charge is -2.24. The van der Waals surface area contributed by atoms with Crippen LogP contribution in [0, 0.1) is 3.57 Å². The number of esters is 1. The molecule has 1 aromatic carbocycles. The van der Waals surface area contributed by atoms with Crippen LogP contribution < -0.4 is 4.74 Å². The number of benzene rings is 1. The van der Waals surface area contributed by atoms with Gasteiger partial charge in [0.1, 0.15) is 25.3 Å². The van der Waals surface area contributed by atoms with Crippen molar-refractivity contribution in [1.82, 2.24) is 0 Å². The molecule has 9 nitrogen and oxygen atoms in total. The fraction of sp³-hybridized carbons (Fsp3) is 0.500. The standard InChI is InChI=1S/C18H23IO9/c1-21-9-25-14(8-24-13-6-4-5-12(19)7-13)15-16(26-10-22-2)17(18(20)28-15)27-11-23-3/h4-7,14-15H,8-11H2,1-3H3/t14-,15+/m0/s1. The van der Waals surface area contributed by atoms with Crippen LogP contribution in [0.15, 0.2) is 35.8 Å². The lowest BCUT2D eigenvalue weighted by atomic mass is 10.2. The second kappa shape index (κ2) is 12.1. The molecule has 1 heterocycles. The average molecular weight is 510 g/mol. The molecule has 0 aliphatic carbocycles. The lowest BCUT2D eigenvalue weighted by molar-refractivity contribution is -0.161. The van der Waals surface area contributed by atoms with E-state index in [1.54, 1.807) is 0 Å². The summed E-state index contributed by atoms with van der Waals surface area (Å²) in [6.07, 6.45) is -1.61. The van der Waals surface area contributed by atoms with Gasteiger partial charge in [-0.15, -0.1) is 0 Å². The van der Waals surface area contributed by atoms with E-state index in [4.69, 9.17) is 37.9 Å². The highest BCUT2D eigenvalue weighted by Gasteiger charge is 2.43. The summed E-state index contributed by atoms with van der Waals surface area (Å²) >= 11 is 2.19. The number of methoxy groups -OCH3 is 3. The molecular formula is C18H23IO9. The summed E-state index contributed by atoms with van der Waals surface area (Å²) in [4.78, 5) is 12.3. The molecule has 0 spiro atoms. The minimum atomic E-state index is -0.896. The molecule has 0 saturated heterocycles. The van der Waals surface area contributed by atoms with Gasteiger partial charge in [0.15, 0.2) is 25.4 Å². The van der Waals surface area contributed by atoms with Gasteiger partial charge in [-0.3, -0.25) is 0 Å². The predicted molar refractivity (Wildman–Crippen MR) is 104 cm³/mol. The maximum absolute atomic E-state index is 12.3. The Balaban J connectivity index is 2.18. The van der Waals surface area contributed by atoms with Gasteiger partial charge in [-0.25, -0.2) is 4.79 Å². The molecule has 156 valence electrons. The summed E-state index contributed by atoms with van der Waals surface area (Å²) in [6, 6.07) is 7.52. The molecule has 0 fully saturated rings. The minimum Gasteiger partial charge on any atom is -0.491 e.